The molecule has 0 aromatic rings. The minimum Gasteiger partial charge on any atom is -0.475 e. The average Bonchev–Trinajstić information content (AvgIpc) is 1.98. The van der Waals surface area contributed by atoms with Crippen LogP contribution in [0.4, 0.5) is 13.2 Å². The van der Waals surface area contributed by atoms with Crippen LogP contribution in [0.5, 0.6) is 0 Å². The summed E-state index contributed by atoms with van der Waals surface area (Å²) in [7, 11) is 0. The molecule has 88 valence electrons. The van der Waals surface area contributed by atoms with Crippen LogP contribution in [0.1, 0.15) is 12.8 Å². The lowest BCUT2D eigenvalue weighted by atomic mass is 9.62. The standard InChI is InChI=1S/C6H11NO.C2HF3O2/c8-5-1-2-6(5)3-7-4-6;3-2(4,5)1(6)7/h5,7-8H,1-4H2;(H,6,7). The molecule has 7 heteroatoms. The van der Waals surface area contributed by atoms with Gasteiger partial charge in [0.1, 0.15) is 0 Å². The van der Waals surface area contributed by atoms with E-state index in [-0.39, 0.29) is 6.10 Å². The topological polar surface area (TPSA) is 69.6 Å². The van der Waals surface area contributed by atoms with E-state index in [9.17, 15) is 18.3 Å². The second-order valence-electron chi connectivity index (χ2n) is 3.82. The first-order valence-electron chi connectivity index (χ1n) is 4.47. The van der Waals surface area contributed by atoms with Crippen molar-refractivity contribution in [3.8, 4) is 0 Å². The predicted molar refractivity (Wildman–Crippen MR) is 44.2 cm³/mol. The molecule has 1 unspecified atom stereocenters. The van der Waals surface area contributed by atoms with Crippen LogP contribution in [0, 0.1) is 5.41 Å². The van der Waals surface area contributed by atoms with Crippen molar-refractivity contribution in [1.82, 2.24) is 5.32 Å². The number of rotatable bonds is 0. The van der Waals surface area contributed by atoms with E-state index in [2.05, 4.69) is 5.32 Å². The van der Waals surface area contributed by atoms with Crippen molar-refractivity contribution in [2.75, 3.05) is 13.1 Å². The van der Waals surface area contributed by atoms with E-state index >= 15 is 0 Å². The summed E-state index contributed by atoms with van der Waals surface area (Å²) in [5, 5.41) is 19.5. The van der Waals surface area contributed by atoms with Gasteiger partial charge >= 0.3 is 12.1 Å². The van der Waals surface area contributed by atoms with Crippen LogP contribution in [0.25, 0.3) is 0 Å². The van der Waals surface area contributed by atoms with Crippen molar-refractivity contribution in [1.29, 1.82) is 0 Å². The molecule has 2 rings (SSSR count). The second kappa shape index (κ2) is 3.97. The third-order valence-electron chi connectivity index (χ3n) is 2.82. The van der Waals surface area contributed by atoms with E-state index in [1.54, 1.807) is 0 Å². The maximum absolute atomic E-state index is 10.6. The van der Waals surface area contributed by atoms with Crippen molar-refractivity contribution >= 4 is 5.97 Å². The lowest BCUT2D eigenvalue weighted by Gasteiger charge is -2.53. The highest BCUT2D eigenvalue weighted by Gasteiger charge is 2.49. The number of hydrogen-bond acceptors (Lipinski definition) is 3. The fourth-order valence-electron chi connectivity index (χ4n) is 1.54. The Morgan fingerprint density at radius 2 is 1.87 bits per heavy atom. The molecule has 1 saturated carbocycles. The molecule has 1 aliphatic heterocycles. The molecule has 2 aliphatic rings. The number of carboxylic acids is 1. The highest BCUT2D eigenvalue weighted by Crippen LogP contribution is 2.43. The summed E-state index contributed by atoms with van der Waals surface area (Å²) in [5.41, 5.74) is 0.347. The number of alkyl halides is 3. The molecule has 1 heterocycles. The third-order valence-corrected chi connectivity index (χ3v) is 2.82. The monoisotopic (exact) mass is 227 g/mol. The number of carboxylic acid groups (broad SMARTS) is 1. The van der Waals surface area contributed by atoms with Gasteiger partial charge in [-0.25, -0.2) is 4.79 Å². The quantitative estimate of drug-likeness (QED) is 0.559. The van der Waals surface area contributed by atoms with Gasteiger partial charge in [0, 0.05) is 18.5 Å². The van der Waals surface area contributed by atoms with Gasteiger partial charge in [-0.3, -0.25) is 0 Å². The Hall–Kier alpha value is -0.820. The van der Waals surface area contributed by atoms with Crippen molar-refractivity contribution in [3.05, 3.63) is 0 Å². The van der Waals surface area contributed by atoms with Crippen LogP contribution in [-0.2, 0) is 4.79 Å². The molecular weight excluding hydrogens is 215 g/mol. The normalized spacial score (nSPS) is 27.1. The lowest BCUT2D eigenvalue weighted by Crippen LogP contribution is -2.65. The van der Waals surface area contributed by atoms with Gasteiger partial charge in [-0.05, 0) is 12.8 Å². The maximum atomic E-state index is 10.6. The number of halogens is 3. The number of carbonyl (C=O) groups is 1. The maximum Gasteiger partial charge on any atom is 0.490 e. The molecule has 4 nitrogen and oxygen atoms in total. The lowest BCUT2D eigenvalue weighted by molar-refractivity contribution is -0.192. The van der Waals surface area contributed by atoms with Gasteiger partial charge in [0.15, 0.2) is 0 Å². The van der Waals surface area contributed by atoms with Crippen LogP contribution < -0.4 is 5.32 Å². The largest absolute Gasteiger partial charge is 0.490 e. The zero-order chi connectivity index (χ0) is 11.7. The molecule has 0 radical (unpaired) electrons. The van der Waals surface area contributed by atoms with Gasteiger partial charge < -0.3 is 15.5 Å². The van der Waals surface area contributed by atoms with E-state index < -0.39 is 12.1 Å². The summed E-state index contributed by atoms with van der Waals surface area (Å²) in [6.45, 7) is 2.10. The molecule has 2 fully saturated rings. The van der Waals surface area contributed by atoms with E-state index in [1.165, 1.54) is 6.42 Å². The molecule has 3 N–H and O–H groups in total. The number of nitrogens with one attached hydrogen (secondary N) is 1. The number of aliphatic carboxylic acids is 1. The first-order valence-corrected chi connectivity index (χ1v) is 4.47. The highest BCUT2D eigenvalue weighted by molar-refractivity contribution is 5.73. The van der Waals surface area contributed by atoms with Crippen LogP contribution in [0.2, 0.25) is 0 Å². The van der Waals surface area contributed by atoms with Gasteiger partial charge in [0.25, 0.3) is 0 Å². The van der Waals surface area contributed by atoms with Gasteiger partial charge in [-0.1, -0.05) is 0 Å². The zero-order valence-corrected chi connectivity index (χ0v) is 7.84. The summed E-state index contributed by atoms with van der Waals surface area (Å²) >= 11 is 0. The van der Waals surface area contributed by atoms with Crippen molar-refractivity contribution < 1.29 is 28.2 Å². The summed E-state index contributed by atoms with van der Waals surface area (Å²) in [6, 6.07) is 0. The molecule has 1 aliphatic carbocycles. The molecule has 0 aromatic carbocycles. The SMILES string of the molecule is O=C(O)C(F)(F)F.OC1CCC12CNC2. The Bertz CT molecular complexity index is 244. The Morgan fingerprint density at radius 1 is 1.40 bits per heavy atom. The Labute approximate surface area is 84.1 Å². The van der Waals surface area contributed by atoms with Crippen LogP contribution in [-0.4, -0.2) is 41.6 Å². The highest BCUT2D eigenvalue weighted by atomic mass is 19.4. The van der Waals surface area contributed by atoms with Crippen LogP contribution in [0.15, 0.2) is 0 Å². The van der Waals surface area contributed by atoms with Crippen LogP contribution >= 0.6 is 0 Å². The molecular formula is C8H12F3NO3. The van der Waals surface area contributed by atoms with E-state index in [0.29, 0.717) is 5.41 Å². The average molecular weight is 227 g/mol. The zero-order valence-electron chi connectivity index (χ0n) is 7.84. The Morgan fingerprint density at radius 3 is 1.87 bits per heavy atom. The molecule has 1 spiro atoms. The van der Waals surface area contributed by atoms with Gasteiger partial charge in [0.05, 0.1) is 6.10 Å². The fourth-order valence-corrected chi connectivity index (χ4v) is 1.54. The van der Waals surface area contributed by atoms with Gasteiger partial charge in [-0.2, -0.15) is 13.2 Å². The summed E-state index contributed by atoms with van der Waals surface area (Å²) in [5.74, 6) is -2.76. The molecule has 1 atom stereocenters. The predicted octanol–water partition coefficient (Wildman–Crippen LogP) is 0.364. The fraction of sp³-hybridized carbons (Fsp3) is 0.875. The third kappa shape index (κ3) is 2.60. The van der Waals surface area contributed by atoms with Crippen molar-refractivity contribution in [2.45, 2.75) is 25.1 Å². The van der Waals surface area contributed by atoms with E-state index in [4.69, 9.17) is 9.90 Å². The number of aliphatic hydroxyl groups is 1. The second-order valence-corrected chi connectivity index (χ2v) is 3.82. The summed E-state index contributed by atoms with van der Waals surface area (Å²) in [6.07, 6.45) is -2.80. The number of hydrogen-bond donors (Lipinski definition) is 3. The molecule has 1 saturated heterocycles. The Balaban J connectivity index is 0.000000153. The minimum absolute atomic E-state index is 0.0174. The summed E-state index contributed by atoms with van der Waals surface area (Å²) in [4.78, 5) is 8.90. The summed E-state index contributed by atoms with van der Waals surface area (Å²) < 4.78 is 31.7. The molecule has 15 heavy (non-hydrogen) atoms. The molecule has 0 aromatic heterocycles. The first-order chi connectivity index (χ1) is 6.78. The van der Waals surface area contributed by atoms with Gasteiger partial charge in [0.2, 0.25) is 0 Å². The smallest absolute Gasteiger partial charge is 0.475 e. The molecule has 0 amide bonds. The first kappa shape index (κ1) is 12.3. The van der Waals surface area contributed by atoms with Crippen LogP contribution in [0.3, 0.4) is 0 Å². The van der Waals surface area contributed by atoms with E-state index in [0.717, 1.165) is 19.5 Å². The number of aliphatic hydroxyl groups excluding tert-OH is 1. The minimum atomic E-state index is -5.08. The van der Waals surface area contributed by atoms with E-state index in [1.807, 2.05) is 0 Å². The van der Waals surface area contributed by atoms with Crippen molar-refractivity contribution in [3.63, 3.8) is 0 Å². The Kier molecular flexibility index (Phi) is 3.25. The molecule has 0 bridgehead atoms. The van der Waals surface area contributed by atoms with Crippen molar-refractivity contribution in [2.24, 2.45) is 5.41 Å². The van der Waals surface area contributed by atoms with Gasteiger partial charge in [-0.15, -0.1) is 0 Å².